The first-order valence-corrected chi connectivity index (χ1v) is 7.06. The first-order valence-electron chi connectivity index (χ1n) is 5.40. The van der Waals surface area contributed by atoms with Gasteiger partial charge in [-0.1, -0.05) is 20.8 Å². The molecule has 98 valence electrons. The van der Waals surface area contributed by atoms with E-state index in [4.69, 9.17) is 0 Å². The Morgan fingerprint density at radius 1 is 1.00 bits per heavy atom. The molecule has 4 nitrogen and oxygen atoms in total. The van der Waals surface area contributed by atoms with Gasteiger partial charge in [0.05, 0.1) is 16.9 Å². The Labute approximate surface area is 99.5 Å². The standard InChI is InChI=1S/C11H25NO3S/c1-9(2,3)8-16(14,15)12-10(4,5)11(6,7)13/h12-13H,8H2,1-7H3. The lowest BCUT2D eigenvalue weighted by Crippen LogP contribution is -2.58. The second kappa shape index (κ2) is 4.27. The van der Waals surface area contributed by atoms with Gasteiger partial charge < -0.3 is 5.11 Å². The summed E-state index contributed by atoms with van der Waals surface area (Å²) in [6.45, 7) is 12.1. The zero-order chi connectivity index (χ0) is 13.4. The molecule has 0 aliphatic carbocycles. The van der Waals surface area contributed by atoms with Crippen molar-refractivity contribution in [3.63, 3.8) is 0 Å². The largest absolute Gasteiger partial charge is 0.389 e. The smallest absolute Gasteiger partial charge is 0.212 e. The maximum atomic E-state index is 11.9. The average Bonchev–Trinajstić information content (AvgIpc) is 1.72. The summed E-state index contributed by atoms with van der Waals surface area (Å²) in [6.07, 6.45) is 0. The summed E-state index contributed by atoms with van der Waals surface area (Å²) in [4.78, 5) is 0. The molecule has 0 bridgehead atoms. The van der Waals surface area contributed by atoms with E-state index in [0.717, 1.165) is 0 Å². The minimum atomic E-state index is -3.39. The third kappa shape index (κ3) is 5.27. The van der Waals surface area contributed by atoms with Gasteiger partial charge in [0.15, 0.2) is 0 Å². The van der Waals surface area contributed by atoms with Crippen LogP contribution in [0.5, 0.6) is 0 Å². The Kier molecular flexibility index (Phi) is 4.24. The molecule has 0 aromatic heterocycles. The highest BCUT2D eigenvalue weighted by Gasteiger charge is 2.39. The van der Waals surface area contributed by atoms with E-state index in [2.05, 4.69) is 4.72 Å². The molecule has 0 heterocycles. The predicted molar refractivity (Wildman–Crippen MR) is 66.8 cm³/mol. The van der Waals surface area contributed by atoms with Gasteiger partial charge in [0.1, 0.15) is 0 Å². The number of aliphatic hydroxyl groups is 1. The SMILES string of the molecule is CC(C)(C)CS(=O)(=O)NC(C)(C)C(C)(C)O. The summed E-state index contributed by atoms with van der Waals surface area (Å²) in [5.41, 5.74) is -2.31. The highest BCUT2D eigenvalue weighted by Crippen LogP contribution is 2.23. The molecule has 0 atom stereocenters. The van der Waals surface area contributed by atoms with Crippen LogP contribution in [0.2, 0.25) is 0 Å². The first-order chi connectivity index (χ1) is 6.66. The van der Waals surface area contributed by atoms with Crippen molar-refractivity contribution < 1.29 is 13.5 Å². The van der Waals surface area contributed by atoms with Crippen molar-refractivity contribution in [2.75, 3.05) is 5.75 Å². The van der Waals surface area contributed by atoms with Crippen molar-refractivity contribution in [3.8, 4) is 0 Å². The molecule has 0 saturated carbocycles. The van der Waals surface area contributed by atoms with Gasteiger partial charge in [-0.2, -0.15) is 0 Å². The van der Waals surface area contributed by atoms with Crippen molar-refractivity contribution in [3.05, 3.63) is 0 Å². The molecule has 0 aliphatic rings. The van der Waals surface area contributed by atoms with E-state index >= 15 is 0 Å². The van der Waals surface area contributed by atoms with Crippen LogP contribution >= 0.6 is 0 Å². The fraction of sp³-hybridized carbons (Fsp3) is 1.00. The van der Waals surface area contributed by atoms with E-state index in [9.17, 15) is 13.5 Å². The Morgan fingerprint density at radius 2 is 1.38 bits per heavy atom. The topological polar surface area (TPSA) is 66.4 Å². The monoisotopic (exact) mass is 251 g/mol. The molecular formula is C11H25NO3S. The van der Waals surface area contributed by atoms with Gasteiger partial charge in [0, 0.05) is 0 Å². The Hall–Kier alpha value is -0.130. The van der Waals surface area contributed by atoms with Gasteiger partial charge in [-0.15, -0.1) is 0 Å². The molecule has 0 rings (SSSR count). The van der Waals surface area contributed by atoms with Gasteiger partial charge in [-0.05, 0) is 33.1 Å². The fourth-order valence-corrected chi connectivity index (χ4v) is 3.36. The normalized spacial score (nSPS) is 15.2. The van der Waals surface area contributed by atoms with Crippen LogP contribution in [0.15, 0.2) is 0 Å². The molecule has 16 heavy (non-hydrogen) atoms. The minimum Gasteiger partial charge on any atom is -0.389 e. The van der Waals surface area contributed by atoms with Crippen molar-refractivity contribution in [1.29, 1.82) is 0 Å². The van der Waals surface area contributed by atoms with Crippen LogP contribution < -0.4 is 4.72 Å². The number of sulfonamides is 1. The lowest BCUT2D eigenvalue weighted by molar-refractivity contribution is 0.00630. The molecule has 0 aromatic rings. The molecule has 0 fully saturated rings. The number of rotatable bonds is 4. The predicted octanol–water partition coefficient (Wildman–Crippen LogP) is 1.50. The minimum absolute atomic E-state index is 0.0412. The Bertz CT molecular complexity index is 331. The molecule has 0 aromatic carbocycles. The zero-order valence-electron chi connectivity index (χ0n) is 11.4. The van der Waals surface area contributed by atoms with Crippen molar-refractivity contribution in [1.82, 2.24) is 4.72 Å². The maximum absolute atomic E-state index is 11.9. The first kappa shape index (κ1) is 15.9. The third-order valence-corrected chi connectivity index (χ3v) is 4.63. The quantitative estimate of drug-likeness (QED) is 0.796. The molecule has 0 saturated heterocycles. The highest BCUT2D eigenvalue weighted by atomic mass is 32.2. The molecule has 0 aliphatic heterocycles. The lowest BCUT2D eigenvalue weighted by atomic mass is 9.87. The van der Waals surface area contributed by atoms with Gasteiger partial charge in [0.25, 0.3) is 0 Å². The Balaban J connectivity index is 4.87. The lowest BCUT2D eigenvalue weighted by Gasteiger charge is -2.38. The van der Waals surface area contributed by atoms with E-state index in [0.29, 0.717) is 0 Å². The summed E-state index contributed by atoms with van der Waals surface area (Å²) in [5, 5.41) is 9.88. The van der Waals surface area contributed by atoms with E-state index in [-0.39, 0.29) is 11.2 Å². The average molecular weight is 251 g/mol. The van der Waals surface area contributed by atoms with E-state index in [1.807, 2.05) is 20.8 Å². The van der Waals surface area contributed by atoms with Crippen LogP contribution in [0.1, 0.15) is 48.5 Å². The number of hydrogen-bond acceptors (Lipinski definition) is 3. The van der Waals surface area contributed by atoms with Gasteiger partial charge in [0.2, 0.25) is 10.0 Å². The van der Waals surface area contributed by atoms with E-state index in [1.165, 1.54) is 0 Å². The second-order valence-corrected chi connectivity index (χ2v) is 8.33. The summed E-state index contributed by atoms with van der Waals surface area (Å²) in [7, 11) is -3.39. The summed E-state index contributed by atoms with van der Waals surface area (Å²) >= 11 is 0. The van der Waals surface area contributed by atoms with Crippen LogP contribution in [0.3, 0.4) is 0 Å². The van der Waals surface area contributed by atoms with Crippen LogP contribution in [0.25, 0.3) is 0 Å². The van der Waals surface area contributed by atoms with Crippen LogP contribution in [0.4, 0.5) is 0 Å². The van der Waals surface area contributed by atoms with E-state index in [1.54, 1.807) is 27.7 Å². The van der Waals surface area contributed by atoms with Gasteiger partial charge in [-0.25, -0.2) is 13.1 Å². The molecule has 0 radical (unpaired) electrons. The number of nitrogens with one attached hydrogen (secondary N) is 1. The van der Waals surface area contributed by atoms with Crippen LogP contribution in [-0.4, -0.2) is 30.4 Å². The number of hydrogen-bond donors (Lipinski definition) is 2. The fourth-order valence-electron chi connectivity index (χ4n) is 1.12. The molecule has 2 N–H and O–H groups in total. The van der Waals surface area contributed by atoms with Crippen molar-refractivity contribution >= 4 is 10.0 Å². The zero-order valence-corrected chi connectivity index (χ0v) is 12.2. The summed E-state index contributed by atoms with van der Waals surface area (Å²) in [6, 6.07) is 0. The van der Waals surface area contributed by atoms with Gasteiger partial charge in [-0.3, -0.25) is 0 Å². The van der Waals surface area contributed by atoms with Gasteiger partial charge >= 0.3 is 0 Å². The highest BCUT2D eigenvalue weighted by molar-refractivity contribution is 7.89. The van der Waals surface area contributed by atoms with Crippen LogP contribution in [0, 0.1) is 5.41 Å². The van der Waals surface area contributed by atoms with Crippen molar-refractivity contribution in [2.45, 2.75) is 59.6 Å². The maximum Gasteiger partial charge on any atom is 0.212 e. The molecule has 0 unspecified atom stereocenters. The molecule has 5 heteroatoms. The van der Waals surface area contributed by atoms with Crippen molar-refractivity contribution in [2.24, 2.45) is 5.41 Å². The van der Waals surface area contributed by atoms with Crippen LogP contribution in [-0.2, 0) is 10.0 Å². The third-order valence-electron chi connectivity index (χ3n) is 2.56. The Morgan fingerprint density at radius 3 is 1.62 bits per heavy atom. The second-order valence-electron chi connectivity index (χ2n) is 6.61. The summed E-state index contributed by atoms with van der Waals surface area (Å²) < 4.78 is 26.3. The summed E-state index contributed by atoms with van der Waals surface area (Å²) in [5.74, 6) is 0.0412. The molecule has 0 amide bonds. The van der Waals surface area contributed by atoms with E-state index < -0.39 is 21.2 Å². The molecular weight excluding hydrogens is 226 g/mol. The molecule has 0 spiro atoms.